The molecule has 3 heterocycles. The SMILES string of the molecule is CN(C)c1ccc(C(=O)N2CCCCCC2c2ccncc2)cn1. The second kappa shape index (κ2) is 7.43. The first-order chi connectivity index (χ1) is 11.7. The van der Waals surface area contributed by atoms with Crippen molar-refractivity contribution >= 4 is 11.7 Å². The number of aromatic nitrogens is 2. The molecule has 1 fully saturated rings. The Morgan fingerprint density at radius 2 is 1.92 bits per heavy atom. The van der Waals surface area contributed by atoms with Gasteiger partial charge in [0.25, 0.3) is 5.91 Å². The van der Waals surface area contributed by atoms with E-state index in [2.05, 4.69) is 9.97 Å². The Kier molecular flexibility index (Phi) is 5.08. The molecule has 5 nitrogen and oxygen atoms in total. The first-order valence-electron chi connectivity index (χ1n) is 8.51. The van der Waals surface area contributed by atoms with Gasteiger partial charge in [-0.1, -0.05) is 12.8 Å². The fourth-order valence-corrected chi connectivity index (χ4v) is 3.23. The van der Waals surface area contributed by atoms with Crippen LogP contribution in [0.25, 0.3) is 0 Å². The van der Waals surface area contributed by atoms with Crippen LogP contribution in [0.2, 0.25) is 0 Å². The van der Waals surface area contributed by atoms with Crippen LogP contribution >= 0.6 is 0 Å². The quantitative estimate of drug-likeness (QED) is 0.869. The molecule has 1 amide bonds. The van der Waals surface area contributed by atoms with Crippen LogP contribution in [0.5, 0.6) is 0 Å². The van der Waals surface area contributed by atoms with Gasteiger partial charge in [-0.3, -0.25) is 9.78 Å². The van der Waals surface area contributed by atoms with Gasteiger partial charge in [-0.25, -0.2) is 4.98 Å². The average molecular weight is 324 g/mol. The minimum absolute atomic E-state index is 0.0662. The number of carbonyl (C=O) groups is 1. The van der Waals surface area contributed by atoms with Gasteiger partial charge < -0.3 is 9.80 Å². The highest BCUT2D eigenvalue weighted by Crippen LogP contribution is 2.31. The van der Waals surface area contributed by atoms with Gasteiger partial charge in [0, 0.05) is 39.2 Å². The monoisotopic (exact) mass is 324 g/mol. The average Bonchev–Trinajstić information content (AvgIpc) is 2.88. The van der Waals surface area contributed by atoms with Gasteiger partial charge in [0.15, 0.2) is 0 Å². The van der Waals surface area contributed by atoms with Crippen molar-refractivity contribution in [1.82, 2.24) is 14.9 Å². The second-order valence-corrected chi connectivity index (χ2v) is 6.44. The lowest BCUT2D eigenvalue weighted by Gasteiger charge is -2.30. The van der Waals surface area contributed by atoms with E-state index in [0.29, 0.717) is 5.56 Å². The molecule has 0 aliphatic carbocycles. The maximum Gasteiger partial charge on any atom is 0.255 e. The van der Waals surface area contributed by atoms with E-state index in [-0.39, 0.29) is 11.9 Å². The molecule has 0 bridgehead atoms. The molecule has 3 rings (SSSR count). The molecule has 0 N–H and O–H groups in total. The van der Waals surface area contributed by atoms with E-state index < -0.39 is 0 Å². The van der Waals surface area contributed by atoms with E-state index >= 15 is 0 Å². The van der Waals surface area contributed by atoms with Crippen molar-refractivity contribution in [3.05, 3.63) is 54.0 Å². The summed E-state index contributed by atoms with van der Waals surface area (Å²) in [5.74, 6) is 0.921. The van der Waals surface area contributed by atoms with Crippen LogP contribution in [0.3, 0.4) is 0 Å². The minimum Gasteiger partial charge on any atom is -0.363 e. The summed E-state index contributed by atoms with van der Waals surface area (Å²) in [7, 11) is 3.89. The number of hydrogen-bond acceptors (Lipinski definition) is 4. The Balaban J connectivity index is 1.87. The van der Waals surface area contributed by atoms with Gasteiger partial charge in [-0.05, 0) is 42.7 Å². The lowest BCUT2D eigenvalue weighted by Crippen LogP contribution is -2.35. The molecule has 0 spiro atoms. The molecule has 2 aromatic heterocycles. The minimum atomic E-state index is 0.0662. The normalized spacial score (nSPS) is 18.1. The van der Waals surface area contributed by atoms with Crippen LogP contribution in [0, 0.1) is 0 Å². The van der Waals surface area contributed by atoms with Crippen molar-refractivity contribution in [3.63, 3.8) is 0 Å². The number of carbonyl (C=O) groups excluding carboxylic acids is 1. The molecule has 2 aromatic rings. The number of likely N-dealkylation sites (tertiary alicyclic amines) is 1. The van der Waals surface area contributed by atoms with Gasteiger partial charge in [-0.2, -0.15) is 0 Å². The fourth-order valence-electron chi connectivity index (χ4n) is 3.23. The molecular formula is C19H24N4O. The molecule has 24 heavy (non-hydrogen) atoms. The molecule has 1 saturated heterocycles. The third-order valence-corrected chi connectivity index (χ3v) is 4.56. The van der Waals surface area contributed by atoms with Crippen molar-refractivity contribution in [2.45, 2.75) is 31.7 Å². The summed E-state index contributed by atoms with van der Waals surface area (Å²) in [6, 6.07) is 7.93. The first kappa shape index (κ1) is 16.4. The summed E-state index contributed by atoms with van der Waals surface area (Å²) in [4.78, 5) is 25.5. The summed E-state index contributed by atoms with van der Waals surface area (Å²) < 4.78 is 0. The van der Waals surface area contributed by atoms with Crippen LogP contribution in [0.1, 0.15) is 47.6 Å². The van der Waals surface area contributed by atoms with Crippen molar-refractivity contribution in [3.8, 4) is 0 Å². The Labute approximate surface area is 143 Å². The van der Waals surface area contributed by atoms with Gasteiger partial charge in [0.2, 0.25) is 0 Å². The van der Waals surface area contributed by atoms with Crippen molar-refractivity contribution < 1.29 is 4.79 Å². The molecule has 126 valence electrons. The summed E-state index contributed by atoms with van der Waals surface area (Å²) in [5.41, 5.74) is 1.82. The third kappa shape index (κ3) is 3.55. The number of hydrogen-bond donors (Lipinski definition) is 0. The molecule has 0 saturated carbocycles. The maximum atomic E-state index is 13.1. The standard InChI is InChI=1S/C19H24N4O/c1-22(2)18-8-7-16(14-21-18)19(24)23-13-5-3-4-6-17(23)15-9-11-20-12-10-15/h7-12,14,17H,3-6,13H2,1-2H3. The van der Waals surface area contributed by atoms with Crippen LogP contribution in [-0.4, -0.2) is 41.4 Å². The molecule has 1 aliphatic heterocycles. The number of rotatable bonds is 3. The van der Waals surface area contributed by atoms with Crippen LogP contribution in [0.15, 0.2) is 42.9 Å². The highest BCUT2D eigenvalue weighted by molar-refractivity contribution is 5.94. The van der Waals surface area contributed by atoms with Crippen LogP contribution < -0.4 is 4.90 Å². The van der Waals surface area contributed by atoms with E-state index in [1.54, 1.807) is 18.6 Å². The van der Waals surface area contributed by atoms with E-state index in [1.807, 2.05) is 48.2 Å². The Hall–Kier alpha value is -2.43. The molecule has 1 aliphatic rings. The zero-order valence-electron chi connectivity index (χ0n) is 14.4. The summed E-state index contributed by atoms with van der Waals surface area (Å²) in [6.07, 6.45) is 9.66. The van der Waals surface area contributed by atoms with E-state index in [9.17, 15) is 4.79 Å². The summed E-state index contributed by atoms with van der Waals surface area (Å²) in [5, 5.41) is 0. The topological polar surface area (TPSA) is 49.3 Å². The highest BCUT2D eigenvalue weighted by atomic mass is 16.2. The molecule has 1 unspecified atom stereocenters. The number of pyridine rings is 2. The highest BCUT2D eigenvalue weighted by Gasteiger charge is 2.27. The number of amides is 1. The maximum absolute atomic E-state index is 13.1. The van der Waals surface area contributed by atoms with Gasteiger partial charge in [0.1, 0.15) is 5.82 Å². The molecular weight excluding hydrogens is 300 g/mol. The lowest BCUT2D eigenvalue weighted by atomic mass is 10.0. The largest absolute Gasteiger partial charge is 0.363 e. The van der Waals surface area contributed by atoms with E-state index in [4.69, 9.17) is 0 Å². The van der Waals surface area contributed by atoms with Crippen LogP contribution in [-0.2, 0) is 0 Å². The Bertz CT molecular complexity index is 670. The summed E-state index contributed by atoms with van der Waals surface area (Å²) >= 11 is 0. The molecule has 0 radical (unpaired) electrons. The second-order valence-electron chi connectivity index (χ2n) is 6.44. The molecule has 5 heteroatoms. The predicted octanol–water partition coefficient (Wildman–Crippen LogP) is 3.30. The van der Waals surface area contributed by atoms with Crippen molar-refractivity contribution in [2.24, 2.45) is 0 Å². The fraction of sp³-hybridized carbons (Fsp3) is 0.421. The van der Waals surface area contributed by atoms with E-state index in [1.165, 1.54) is 6.42 Å². The van der Waals surface area contributed by atoms with Crippen LogP contribution in [0.4, 0.5) is 5.82 Å². The Morgan fingerprint density at radius 1 is 1.12 bits per heavy atom. The number of nitrogens with zero attached hydrogens (tertiary/aromatic N) is 4. The van der Waals surface area contributed by atoms with Crippen molar-refractivity contribution in [2.75, 3.05) is 25.5 Å². The zero-order valence-corrected chi connectivity index (χ0v) is 14.4. The molecule has 1 atom stereocenters. The van der Waals surface area contributed by atoms with Gasteiger partial charge in [-0.15, -0.1) is 0 Å². The van der Waals surface area contributed by atoms with Gasteiger partial charge in [0.05, 0.1) is 11.6 Å². The summed E-state index contributed by atoms with van der Waals surface area (Å²) in [6.45, 7) is 0.793. The third-order valence-electron chi connectivity index (χ3n) is 4.56. The smallest absolute Gasteiger partial charge is 0.255 e. The first-order valence-corrected chi connectivity index (χ1v) is 8.51. The number of anilines is 1. The predicted molar refractivity (Wildman–Crippen MR) is 95.0 cm³/mol. The van der Waals surface area contributed by atoms with Gasteiger partial charge >= 0.3 is 0 Å². The van der Waals surface area contributed by atoms with Crippen molar-refractivity contribution in [1.29, 1.82) is 0 Å². The van der Waals surface area contributed by atoms with E-state index in [0.717, 1.165) is 37.2 Å². The molecule has 0 aromatic carbocycles. The zero-order chi connectivity index (χ0) is 16.9. The Morgan fingerprint density at radius 3 is 2.58 bits per heavy atom. The lowest BCUT2D eigenvalue weighted by molar-refractivity contribution is 0.0680.